The molecule has 28 heavy (non-hydrogen) atoms. The van der Waals surface area contributed by atoms with Crippen LogP contribution < -0.4 is 20.1 Å². The first kappa shape index (κ1) is 21.2. The van der Waals surface area contributed by atoms with Crippen LogP contribution in [0.4, 0.5) is 4.79 Å². The minimum absolute atomic E-state index is 0.161. The number of amides is 2. The van der Waals surface area contributed by atoms with Gasteiger partial charge in [-0.3, -0.25) is 4.90 Å². The Labute approximate surface area is 175 Å². The number of hydrogen-bond acceptors (Lipinski definition) is 5. The molecule has 156 valence electrons. The molecule has 8 heteroatoms. The maximum absolute atomic E-state index is 12.3. The van der Waals surface area contributed by atoms with E-state index in [0.717, 1.165) is 41.8 Å². The number of ether oxygens (including phenoxy) is 3. The Morgan fingerprint density at radius 3 is 2.54 bits per heavy atom. The summed E-state index contributed by atoms with van der Waals surface area (Å²) in [6.07, 6.45) is 1.45. The molecule has 3 atom stereocenters. The van der Waals surface area contributed by atoms with Gasteiger partial charge in [0.1, 0.15) is 13.2 Å². The zero-order valence-corrected chi connectivity index (χ0v) is 18.4. The van der Waals surface area contributed by atoms with Crippen LogP contribution in [0.3, 0.4) is 0 Å². The van der Waals surface area contributed by atoms with Crippen LogP contribution in [0.25, 0.3) is 0 Å². The first-order chi connectivity index (χ1) is 13.4. The third-order valence-corrected chi connectivity index (χ3v) is 5.59. The molecule has 2 aliphatic rings. The minimum atomic E-state index is -0.169. The maximum atomic E-state index is 12.3. The average Bonchev–Trinajstić information content (AvgIpc) is 2.64. The molecule has 2 N–H and O–H groups in total. The van der Waals surface area contributed by atoms with Gasteiger partial charge in [-0.15, -0.1) is 0 Å². The van der Waals surface area contributed by atoms with Crippen LogP contribution in [-0.4, -0.2) is 62.5 Å². The molecule has 7 nitrogen and oxygen atoms in total. The smallest absolute Gasteiger partial charge is 0.315 e. The van der Waals surface area contributed by atoms with Crippen molar-refractivity contribution in [1.29, 1.82) is 0 Å². The standard InChI is InChI=1S/C20H30BrN3O4/c1-13-11-24(12-14(2)28-13)6-4-5-22-20(25)23-15(3)16-9-18-19(10-17(16)21)27-8-7-26-18/h9-10,13-15H,4-8,11-12H2,1-3H3,(H2,22,23,25)/t13-,14+,15-/m0/s1. The predicted molar refractivity (Wildman–Crippen MR) is 111 cm³/mol. The molecule has 2 amide bonds. The van der Waals surface area contributed by atoms with E-state index in [1.165, 1.54) is 0 Å². The van der Waals surface area contributed by atoms with Crippen molar-refractivity contribution in [2.45, 2.75) is 45.4 Å². The Morgan fingerprint density at radius 1 is 1.21 bits per heavy atom. The van der Waals surface area contributed by atoms with Gasteiger partial charge >= 0.3 is 6.03 Å². The van der Waals surface area contributed by atoms with Gasteiger partial charge in [-0.2, -0.15) is 0 Å². The summed E-state index contributed by atoms with van der Waals surface area (Å²) < 4.78 is 17.9. The number of morpholine rings is 1. The molecule has 1 saturated heterocycles. The van der Waals surface area contributed by atoms with Gasteiger partial charge in [0.15, 0.2) is 11.5 Å². The highest BCUT2D eigenvalue weighted by Gasteiger charge is 2.22. The zero-order chi connectivity index (χ0) is 20.1. The highest BCUT2D eigenvalue weighted by molar-refractivity contribution is 9.10. The van der Waals surface area contributed by atoms with E-state index in [-0.39, 0.29) is 24.3 Å². The fourth-order valence-electron chi connectivity index (χ4n) is 3.71. The number of nitrogens with zero attached hydrogens (tertiary/aromatic N) is 1. The van der Waals surface area contributed by atoms with Crippen molar-refractivity contribution < 1.29 is 19.0 Å². The van der Waals surface area contributed by atoms with Crippen LogP contribution in [-0.2, 0) is 4.74 Å². The minimum Gasteiger partial charge on any atom is -0.486 e. The van der Waals surface area contributed by atoms with E-state index in [0.29, 0.717) is 25.5 Å². The molecular formula is C20H30BrN3O4. The summed E-state index contributed by atoms with van der Waals surface area (Å²) in [4.78, 5) is 14.7. The molecule has 0 aromatic heterocycles. The number of carbonyl (C=O) groups excluding carboxylic acids is 1. The predicted octanol–water partition coefficient (Wildman–Crippen LogP) is 3.08. The second kappa shape index (κ2) is 9.80. The monoisotopic (exact) mass is 455 g/mol. The second-order valence-electron chi connectivity index (χ2n) is 7.51. The molecule has 2 aliphatic heterocycles. The second-order valence-corrected chi connectivity index (χ2v) is 8.36. The molecular weight excluding hydrogens is 426 g/mol. The molecule has 1 aromatic rings. The molecule has 0 bridgehead atoms. The maximum Gasteiger partial charge on any atom is 0.315 e. The Kier molecular flexibility index (Phi) is 7.42. The van der Waals surface area contributed by atoms with Crippen LogP contribution in [0, 0.1) is 0 Å². The Balaban J connectivity index is 1.42. The van der Waals surface area contributed by atoms with Gasteiger partial charge in [0.2, 0.25) is 0 Å². The molecule has 0 spiro atoms. The van der Waals surface area contributed by atoms with E-state index in [1.54, 1.807) is 0 Å². The number of rotatable bonds is 6. The van der Waals surface area contributed by atoms with Crippen LogP contribution in [0.15, 0.2) is 16.6 Å². The molecule has 1 fully saturated rings. The lowest BCUT2D eigenvalue weighted by Crippen LogP contribution is -2.46. The van der Waals surface area contributed by atoms with Crippen LogP contribution in [0.2, 0.25) is 0 Å². The number of hydrogen-bond donors (Lipinski definition) is 2. The van der Waals surface area contributed by atoms with E-state index in [9.17, 15) is 4.79 Å². The van der Waals surface area contributed by atoms with Crippen LogP contribution in [0.5, 0.6) is 11.5 Å². The van der Waals surface area contributed by atoms with Gasteiger partial charge in [-0.05, 0) is 44.9 Å². The summed E-state index contributed by atoms with van der Waals surface area (Å²) in [5.41, 5.74) is 0.954. The Hall–Kier alpha value is -1.51. The topological polar surface area (TPSA) is 72.1 Å². The summed E-state index contributed by atoms with van der Waals surface area (Å²) in [5, 5.41) is 5.93. The Morgan fingerprint density at radius 2 is 1.86 bits per heavy atom. The highest BCUT2D eigenvalue weighted by atomic mass is 79.9. The normalized spacial score (nSPS) is 23.1. The van der Waals surface area contributed by atoms with Gasteiger partial charge in [-0.25, -0.2) is 4.79 Å². The number of fused-ring (bicyclic) bond motifs is 1. The SMILES string of the molecule is C[C@@H]1CN(CCCNC(=O)N[C@@H](C)c2cc3c(cc2Br)OCCO3)C[C@H](C)O1. The lowest BCUT2D eigenvalue weighted by Gasteiger charge is -2.35. The quantitative estimate of drug-likeness (QED) is 0.644. The van der Waals surface area contributed by atoms with E-state index < -0.39 is 0 Å². The number of urea groups is 1. The van der Waals surface area contributed by atoms with E-state index >= 15 is 0 Å². The fraction of sp³-hybridized carbons (Fsp3) is 0.650. The van der Waals surface area contributed by atoms with Gasteiger partial charge in [0.05, 0.1) is 18.2 Å². The van der Waals surface area contributed by atoms with Gasteiger partial charge in [0, 0.05) is 30.7 Å². The van der Waals surface area contributed by atoms with E-state index in [4.69, 9.17) is 14.2 Å². The molecule has 1 aromatic carbocycles. The lowest BCUT2D eigenvalue weighted by molar-refractivity contribution is -0.0679. The van der Waals surface area contributed by atoms with Crippen LogP contribution in [0.1, 0.15) is 38.8 Å². The van der Waals surface area contributed by atoms with Crippen molar-refractivity contribution in [3.63, 3.8) is 0 Å². The zero-order valence-electron chi connectivity index (χ0n) is 16.8. The molecule has 0 unspecified atom stereocenters. The van der Waals surface area contributed by atoms with Crippen LogP contribution >= 0.6 is 15.9 Å². The number of benzene rings is 1. The van der Waals surface area contributed by atoms with Crippen molar-refractivity contribution in [3.8, 4) is 11.5 Å². The van der Waals surface area contributed by atoms with Gasteiger partial charge in [0.25, 0.3) is 0 Å². The number of nitrogens with one attached hydrogen (secondary N) is 2. The molecule has 3 rings (SSSR count). The summed E-state index contributed by atoms with van der Waals surface area (Å²) in [6.45, 7) is 10.7. The first-order valence-electron chi connectivity index (χ1n) is 9.93. The molecule has 0 radical (unpaired) electrons. The van der Waals surface area contributed by atoms with E-state index in [1.807, 2.05) is 19.1 Å². The van der Waals surface area contributed by atoms with Crippen molar-refractivity contribution in [3.05, 3.63) is 22.2 Å². The average molecular weight is 456 g/mol. The Bertz CT molecular complexity index is 678. The number of carbonyl (C=O) groups is 1. The van der Waals surface area contributed by atoms with Crippen molar-refractivity contribution in [2.75, 3.05) is 39.4 Å². The van der Waals surface area contributed by atoms with Crippen molar-refractivity contribution in [1.82, 2.24) is 15.5 Å². The third-order valence-electron chi connectivity index (χ3n) is 4.91. The molecule has 2 heterocycles. The summed E-state index contributed by atoms with van der Waals surface area (Å²) in [7, 11) is 0. The largest absolute Gasteiger partial charge is 0.486 e. The number of halogens is 1. The molecule has 0 saturated carbocycles. The summed E-state index contributed by atoms with van der Waals surface area (Å²) in [5.74, 6) is 1.44. The van der Waals surface area contributed by atoms with Crippen molar-refractivity contribution >= 4 is 22.0 Å². The molecule has 0 aliphatic carbocycles. The first-order valence-corrected chi connectivity index (χ1v) is 10.7. The van der Waals surface area contributed by atoms with E-state index in [2.05, 4.69) is 45.3 Å². The third kappa shape index (κ3) is 5.75. The lowest BCUT2D eigenvalue weighted by atomic mass is 10.1. The fourth-order valence-corrected chi connectivity index (χ4v) is 4.37. The summed E-state index contributed by atoms with van der Waals surface area (Å²) in [6, 6.07) is 3.48. The summed E-state index contributed by atoms with van der Waals surface area (Å²) >= 11 is 3.56. The highest BCUT2D eigenvalue weighted by Crippen LogP contribution is 2.37. The van der Waals surface area contributed by atoms with Gasteiger partial charge in [-0.1, -0.05) is 15.9 Å². The van der Waals surface area contributed by atoms with Gasteiger partial charge < -0.3 is 24.8 Å². The van der Waals surface area contributed by atoms with Crippen molar-refractivity contribution in [2.24, 2.45) is 0 Å².